The molecule has 0 rings (SSSR count). The molecule has 0 saturated heterocycles. The summed E-state index contributed by atoms with van der Waals surface area (Å²) < 4.78 is 29.6. The van der Waals surface area contributed by atoms with E-state index in [1.54, 1.807) is 0 Å². The monoisotopic (exact) mass is 210 g/mol. The van der Waals surface area contributed by atoms with Gasteiger partial charge in [0, 0.05) is 19.1 Å². The van der Waals surface area contributed by atoms with E-state index in [9.17, 15) is 8.42 Å². The van der Waals surface area contributed by atoms with Gasteiger partial charge in [-0.05, 0) is 6.92 Å². The van der Waals surface area contributed by atoms with Gasteiger partial charge < -0.3 is 5.32 Å². The van der Waals surface area contributed by atoms with E-state index >= 15 is 0 Å². The van der Waals surface area contributed by atoms with E-state index in [2.05, 4.69) is 10.6 Å². The standard InChI is InChI=1S/C7H18N2O3S/c1-6(2)8-4-5-9-7(3)13(10,11)12/h6-9H,4-5H2,1-3H3,(H,10,11,12). The van der Waals surface area contributed by atoms with Crippen LogP contribution in [0.1, 0.15) is 20.8 Å². The predicted molar refractivity (Wildman–Crippen MR) is 52.2 cm³/mol. The van der Waals surface area contributed by atoms with Gasteiger partial charge in [0.1, 0.15) is 5.37 Å². The molecule has 13 heavy (non-hydrogen) atoms. The number of hydrogen-bond acceptors (Lipinski definition) is 4. The van der Waals surface area contributed by atoms with Gasteiger partial charge in [-0.15, -0.1) is 0 Å². The third-order valence-electron chi connectivity index (χ3n) is 1.56. The average molecular weight is 210 g/mol. The van der Waals surface area contributed by atoms with E-state index in [4.69, 9.17) is 4.55 Å². The van der Waals surface area contributed by atoms with E-state index in [0.717, 1.165) is 0 Å². The van der Waals surface area contributed by atoms with Crippen LogP contribution in [0.4, 0.5) is 0 Å². The minimum atomic E-state index is -3.94. The van der Waals surface area contributed by atoms with E-state index in [0.29, 0.717) is 19.1 Å². The first kappa shape index (κ1) is 12.8. The van der Waals surface area contributed by atoms with Crippen LogP contribution < -0.4 is 10.6 Å². The zero-order valence-corrected chi connectivity index (χ0v) is 9.06. The third-order valence-corrected chi connectivity index (χ3v) is 2.62. The van der Waals surface area contributed by atoms with Crippen molar-refractivity contribution in [1.82, 2.24) is 10.6 Å². The van der Waals surface area contributed by atoms with Crippen LogP contribution in [0.3, 0.4) is 0 Å². The third kappa shape index (κ3) is 6.94. The average Bonchev–Trinajstić information content (AvgIpc) is 1.95. The fourth-order valence-corrected chi connectivity index (χ4v) is 1.07. The maximum absolute atomic E-state index is 10.5. The molecule has 5 nitrogen and oxygen atoms in total. The van der Waals surface area contributed by atoms with Crippen LogP contribution in [0.25, 0.3) is 0 Å². The second kappa shape index (κ2) is 5.54. The fraction of sp³-hybridized carbons (Fsp3) is 1.00. The van der Waals surface area contributed by atoms with E-state index < -0.39 is 15.5 Å². The maximum Gasteiger partial charge on any atom is 0.280 e. The lowest BCUT2D eigenvalue weighted by atomic mass is 10.4. The first-order chi connectivity index (χ1) is 5.84. The lowest BCUT2D eigenvalue weighted by Gasteiger charge is -2.12. The summed E-state index contributed by atoms with van der Waals surface area (Å²) in [5.74, 6) is 0. The lowest BCUT2D eigenvalue weighted by molar-refractivity contribution is 0.452. The summed E-state index contributed by atoms with van der Waals surface area (Å²) in [6.45, 7) is 6.61. The molecule has 0 heterocycles. The van der Waals surface area contributed by atoms with Crippen LogP contribution in [0.15, 0.2) is 0 Å². The van der Waals surface area contributed by atoms with Crippen molar-refractivity contribution in [2.75, 3.05) is 13.1 Å². The maximum atomic E-state index is 10.5. The molecule has 80 valence electrons. The van der Waals surface area contributed by atoms with E-state index in [-0.39, 0.29) is 0 Å². The summed E-state index contributed by atoms with van der Waals surface area (Å²) in [5, 5.41) is 4.89. The fourth-order valence-electron chi connectivity index (χ4n) is 0.742. The largest absolute Gasteiger partial charge is 0.313 e. The highest BCUT2D eigenvalue weighted by Crippen LogP contribution is 1.90. The van der Waals surface area contributed by atoms with Gasteiger partial charge in [0.05, 0.1) is 0 Å². The summed E-state index contributed by atoms with van der Waals surface area (Å²) in [7, 11) is -3.94. The molecule has 0 radical (unpaired) electrons. The second-order valence-electron chi connectivity index (χ2n) is 3.22. The number of nitrogens with one attached hydrogen (secondary N) is 2. The first-order valence-corrected chi connectivity index (χ1v) is 5.77. The molecule has 0 aliphatic carbocycles. The molecule has 0 fully saturated rings. The number of rotatable bonds is 6. The SMILES string of the molecule is CC(C)NCCNC(C)S(=O)(=O)O. The van der Waals surface area contributed by atoms with Gasteiger partial charge in [-0.3, -0.25) is 9.87 Å². The van der Waals surface area contributed by atoms with Gasteiger partial charge in [0.25, 0.3) is 10.1 Å². The summed E-state index contributed by atoms with van der Waals surface area (Å²) in [4.78, 5) is 0. The van der Waals surface area contributed by atoms with Crippen LogP contribution in [0.5, 0.6) is 0 Å². The Balaban J connectivity index is 3.55. The Labute approximate surface area is 79.7 Å². The van der Waals surface area contributed by atoms with Gasteiger partial charge >= 0.3 is 0 Å². The van der Waals surface area contributed by atoms with Crippen molar-refractivity contribution in [3.8, 4) is 0 Å². The molecule has 0 aromatic rings. The molecule has 0 bridgehead atoms. The molecule has 3 N–H and O–H groups in total. The number of hydrogen-bond donors (Lipinski definition) is 3. The van der Waals surface area contributed by atoms with Crippen molar-refractivity contribution < 1.29 is 13.0 Å². The minimum absolute atomic E-state index is 0.378. The quantitative estimate of drug-likeness (QED) is 0.418. The second-order valence-corrected chi connectivity index (χ2v) is 4.96. The van der Waals surface area contributed by atoms with Gasteiger partial charge in [-0.2, -0.15) is 8.42 Å². The summed E-state index contributed by atoms with van der Waals surface area (Å²) in [5.41, 5.74) is 0. The molecular formula is C7H18N2O3S. The summed E-state index contributed by atoms with van der Waals surface area (Å²) in [6, 6.07) is 0.378. The smallest absolute Gasteiger partial charge is 0.280 e. The van der Waals surface area contributed by atoms with Gasteiger partial charge in [0.2, 0.25) is 0 Å². The highest BCUT2D eigenvalue weighted by molar-refractivity contribution is 7.86. The van der Waals surface area contributed by atoms with Crippen molar-refractivity contribution in [2.24, 2.45) is 0 Å². The Hall–Kier alpha value is -0.170. The highest BCUT2D eigenvalue weighted by Gasteiger charge is 2.15. The van der Waals surface area contributed by atoms with Gasteiger partial charge in [-0.1, -0.05) is 13.8 Å². The molecule has 0 aromatic heterocycles. The van der Waals surface area contributed by atoms with Crippen LogP contribution in [-0.4, -0.2) is 37.5 Å². The zero-order chi connectivity index (χ0) is 10.5. The summed E-state index contributed by atoms with van der Waals surface area (Å²) in [6.07, 6.45) is 0. The van der Waals surface area contributed by atoms with E-state index in [1.807, 2.05) is 13.8 Å². The Kier molecular flexibility index (Phi) is 5.46. The van der Waals surface area contributed by atoms with Crippen LogP contribution in [-0.2, 0) is 10.1 Å². The zero-order valence-electron chi connectivity index (χ0n) is 8.24. The molecule has 0 aromatic carbocycles. The Bertz CT molecular complexity index is 226. The van der Waals surface area contributed by atoms with Crippen LogP contribution in [0, 0.1) is 0 Å². The van der Waals surface area contributed by atoms with Crippen molar-refractivity contribution in [3.05, 3.63) is 0 Å². The highest BCUT2D eigenvalue weighted by atomic mass is 32.2. The molecule has 0 aliphatic heterocycles. The van der Waals surface area contributed by atoms with Gasteiger partial charge in [-0.25, -0.2) is 0 Å². The molecule has 1 atom stereocenters. The van der Waals surface area contributed by atoms with Crippen LogP contribution >= 0.6 is 0 Å². The molecule has 0 spiro atoms. The van der Waals surface area contributed by atoms with Crippen molar-refractivity contribution >= 4 is 10.1 Å². The van der Waals surface area contributed by atoms with E-state index in [1.165, 1.54) is 6.92 Å². The molecule has 1 unspecified atom stereocenters. The topological polar surface area (TPSA) is 78.4 Å². The Morgan fingerprint density at radius 2 is 1.62 bits per heavy atom. The Morgan fingerprint density at radius 3 is 2.00 bits per heavy atom. The van der Waals surface area contributed by atoms with Crippen molar-refractivity contribution in [3.63, 3.8) is 0 Å². The molecule has 0 aliphatic rings. The Morgan fingerprint density at radius 1 is 1.15 bits per heavy atom. The molecule has 0 amide bonds. The van der Waals surface area contributed by atoms with Crippen LogP contribution in [0.2, 0.25) is 0 Å². The van der Waals surface area contributed by atoms with Gasteiger partial charge in [0.15, 0.2) is 0 Å². The minimum Gasteiger partial charge on any atom is -0.313 e. The van der Waals surface area contributed by atoms with Crippen molar-refractivity contribution in [1.29, 1.82) is 0 Å². The first-order valence-electron chi connectivity index (χ1n) is 4.27. The predicted octanol–water partition coefficient (Wildman–Crippen LogP) is -0.192. The normalized spacial score (nSPS) is 14.8. The molecule has 6 heteroatoms. The molecular weight excluding hydrogens is 192 g/mol. The van der Waals surface area contributed by atoms with Crippen molar-refractivity contribution in [2.45, 2.75) is 32.2 Å². The lowest BCUT2D eigenvalue weighted by Crippen LogP contribution is -2.39. The molecule has 0 saturated carbocycles. The summed E-state index contributed by atoms with van der Waals surface area (Å²) >= 11 is 0.